The van der Waals surface area contributed by atoms with Crippen molar-refractivity contribution in [3.05, 3.63) is 29.8 Å². The smallest absolute Gasteiger partial charge is 0.245 e. The summed E-state index contributed by atoms with van der Waals surface area (Å²) in [6.45, 7) is 0.999. The van der Waals surface area contributed by atoms with Crippen LogP contribution >= 0.6 is 0 Å². The molecule has 0 saturated carbocycles. The van der Waals surface area contributed by atoms with Crippen LogP contribution in [0, 0.1) is 0 Å². The van der Waals surface area contributed by atoms with Crippen molar-refractivity contribution in [3.8, 4) is 0 Å². The quantitative estimate of drug-likeness (QED) is 0.824. The number of piperidine rings is 1. The summed E-state index contributed by atoms with van der Waals surface area (Å²) in [5.41, 5.74) is -0.613. The number of halogens is 1. The third-order valence-electron chi connectivity index (χ3n) is 4.39. The molecule has 1 aromatic rings. The molecule has 0 bridgehead atoms. The van der Waals surface area contributed by atoms with E-state index in [1.807, 2.05) is 0 Å². The number of hydrogen-bond donors (Lipinski definition) is 1. The predicted octanol–water partition coefficient (Wildman–Crippen LogP) is 0.939. The van der Waals surface area contributed by atoms with Crippen LogP contribution in [0.4, 0.5) is 4.39 Å². The number of sulfonamides is 1. The van der Waals surface area contributed by atoms with E-state index < -0.39 is 28.2 Å². The maximum Gasteiger partial charge on any atom is 0.245 e. The van der Waals surface area contributed by atoms with Crippen molar-refractivity contribution < 1.29 is 22.3 Å². The molecule has 23 heavy (non-hydrogen) atoms. The number of hydrogen-bond acceptors (Lipinski definition) is 5. The lowest BCUT2D eigenvalue weighted by atomic mass is 10.0. The fourth-order valence-electron chi connectivity index (χ4n) is 3.16. The molecule has 0 amide bonds. The van der Waals surface area contributed by atoms with E-state index in [1.165, 1.54) is 28.6 Å². The van der Waals surface area contributed by atoms with Crippen LogP contribution in [0.15, 0.2) is 29.2 Å². The maximum atomic E-state index is 12.9. The number of nitrogens with zero attached hydrogens (tertiary/aromatic N) is 1. The van der Waals surface area contributed by atoms with Gasteiger partial charge in [-0.25, -0.2) is 12.8 Å². The highest BCUT2D eigenvalue weighted by molar-refractivity contribution is 7.89. The molecule has 0 atom stereocenters. The monoisotopic (exact) mass is 342 g/mol. The fraction of sp³-hybridized carbons (Fsp3) is 0.533. The first kappa shape index (κ1) is 16.5. The van der Waals surface area contributed by atoms with Gasteiger partial charge in [0.05, 0.1) is 11.5 Å². The highest BCUT2D eigenvalue weighted by Crippen LogP contribution is 2.36. The lowest BCUT2D eigenvalue weighted by Crippen LogP contribution is -2.53. The van der Waals surface area contributed by atoms with Crippen molar-refractivity contribution in [2.75, 3.05) is 32.9 Å². The van der Waals surface area contributed by atoms with E-state index >= 15 is 0 Å². The molecule has 2 saturated heterocycles. The van der Waals surface area contributed by atoms with Gasteiger partial charge in [-0.05, 0) is 37.4 Å². The summed E-state index contributed by atoms with van der Waals surface area (Å²) < 4.78 is 45.5. The highest BCUT2D eigenvalue weighted by Gasteiger charge is 2.49. The average Bonchev–Trinajstić information content (AvgIpc) is 2.98. The molecular formula is C15H19FN2O4S. The third-order valence-corrected chi connectivity index (χ3v) is 6.35. The van der Waals surface area contributed by atoms with Crippen molar-refractivity contribution in [3.63, 3.8) is 0 Å². The molecule has 8 heteroatoms. The van der Waals surface area contributed by atoms with Crippen LogP contribution in [0.5, 0.6) is 0 Å². The van der Waals surface area contributed by atoms with Gasteiger partial charge >= 0.3 is 0 Å². The van der Waals surface area contributed by atoms with Crippen LogP contribution in [-0.2, 0) is 14.8 Å². The molecular weight excluding hydrogens is 323 g/mol. The Kier molecular flexibility index (Phi) is 4.50. The van der Waals surface area contributed by atoms with Gasteiger partial charge in [-0.2, -0.15) is 4.31 Å². The number of ether oxygens (including phenoxy) is 1. The number of carbonyl (C=O) groups is 1. The van der Waals surface area contributed by atoms with Gasteiger partial charge in [0.25, 0.3) is 0 Å². The fourth-order valence-corrected chi connectivity index (χ4v) is 4.88. The summed E-state index contributed by atoms with van der Waals surface area (Å²) in [7, 11) is -3.72. The summed E-state index contributed by atoms with van der Waals surface area (Å²) in [6, 6.07) is 5.40. The summed E-state index contributed by atoms with van der Waals surface area (Å²) in [5, 5.41) is 3.20. The Morgan fingerprint density at radius 1 is 1.26 bits per heavy atom. The largest absolute Gasteiger partial charge is 0.358 e. The van der Waals surface area contributed by atoms with Crippen LogP contribution in [0.1, 0.15) is 23.2 Å². The van der Waals surface area contributed by atoms with Crippen molar-refractivity contribution in [2.24, 2.45) is 0 Å². The van der Waals surface area contributed by atoms with Crippen molar-refractivity contribution in [1.82, 2.24) is 9.62 Å². The molecule has 0 unspecified atom stereocenters. The molecule has 2 fully saturated rings. The second-order valence-corrected chi connectivity index (χ2v) is 7.57. The Balaban J connectivity index is 1.90. The van der Waals surface area contributed by atoms with Gasteiger partial charge < -0.3 is 10.1 Å². The summed E-state index contributed by atoms with van der Waals surface area (Å²) in [6.07, 6.45) is 1.20. The molecule has 1 N–H and O–H groups in total. The van der Waals surface area contributed by atoms with Crippen LogP contribution < -0.4 is 5.32 Å². The van der Waals surface area contributed by atoms with Gasteiger partial charge in [-0.1, -0.05) is 0 Å². The third kappa shape index (κ3) is 2.91. The van der Waals surface area contributed by atoms with Gasteiger partial charge in [0.15, 0.2) is 12.5 Å². The molecule has 1 aromatic carbocycles. The number of rotatable bonds is 4. The minimum atomic E-state index is -3.72. The number of alkyl halides is 1. The minimum Gasteiger partial charge on any atom is -0.358 e. The van der Waals surface area contributed by atoms with E-state index in [-0.39, 0.29) is 10.5 Å². The summed E-state index contributed by atoms with van der Waals surface area (Å²) in [5.74, 6) is -0.659. The topological polar surface area (TPSA) is 75.7 Å². The molecule has 0 aliphatic carbocycles. The zero-order chi connectivity index (χ0) is 16.5. The molecule has 2 aliphatic heterocycles. The predicted molar refractivity (Wildman–Crippen MR) is 81.4 cm³/mol. The molecule has 6 nitrogen and oxygen atoms in total. The molecule has 126 valence electrons. The molecule has 0 aromatic heterocycles. The van der Waals surface area contributed by atoms with E-state index in [2.05, 4.69) is 5.32 Å². The Bertz CT molecular complexity index is 684. The minimum absolute atomic E-state index is 0.0938. The second-order valence-electron chi connectivity index (χ2n) is 5.70. The lowest BCUT2D eigenvalue weighted by molar-refractivity contribution is -0.0704. The number of benzene rings is 1. The first-order valence-corrected chi connectivity index (χ1v) is 9.00. The number of Topliss-reactive ketones (excluding diaryl/α,β-unsaturated/α-hetero) is 1. The van der Waals surface area contributed by atoms with Crippen LogP contribution in [-0.4, -0.2) is 57.1 Å². The Morgan fingerprint density at radius 3 is 2.52 bits per heavy atom. The van der Waals surface area contributed by atoms with E-state index in [0.29, 0.717) is 39.1 Å². The van der Waals surface area contributed by atoms with Crippen molar-refractivity contribution in [2.45, 2.75) is 23.5 Å². The van der Waals surface area contributed by atoms with Crippen LogP contribution in [0.2, 0.25) is 0 Å². The molecule has 2 heterocycles. The van der Waals surface area contributed by atoms with Gasteiger partial charge in [0.2, 0.25) is 10.0 Å². The first-order valence-electron chi connectivity index (χ1n) is 7.56. The maximum absolute atomic E-state index is 12.9. The van der Waals surface area contributed by atoms with Crippen molar-refractivity contribution >= 4 is 15.8 Å². The zero-order valence-corrected chi connectivity index (χ0v) is 13.4. The summed E-state index contributed by atoms with van der Waals surface area (Å²) >= 11 is 0. The Morgan fingerprint density at radius 2 is 1.91 bits per heavy atom. The highest BCUT2D eigenvalue weighted by atomic mass is 32.2. The van der Waals surface area contributed by atoms with E-state index in [4.69, 9.17) is 4.74 Å². The number of ketones is 1. The molecule has 1 spiro atoms. The molecule has 3 rings (SSSR count). The Hall–Kier alpha value is -1.35. The van der Waals surface area contributed by atoms with Gasteiger partial charge in [-0.3, -0.25) is 4.79 Å². The first-order chi connectivity index (χ1) is 11.0. The van der Waals surface area contributed by atoms with Crippen LogP contribution in [0.25, 0.3) is 0 Å². The van der Waals surface area contributed by atoms with E-state index in [1.54, 1.807) is 0 Å². The molecule has 2 aliphatic rings. The number of carbonyl (C=O) groups excluding carboxylic acids is 1. The Labute approximate surface area is 134 Å². The van der Waals surface area contributed by atoms with Gasteiger partial charge in [0.1, 0.15) is 5.72 Å². The zero-order valence-electron chi connectivity index (χ0n) is 12.6. The van der Waals surface area contributed by atoms with Crippen molar-refractivity contribution in [1.29, 1.82) is 0 Å². The van der Waals surface area contributed by atoms with E-state index in [9.17, 15) is 17.6 Å². The molecule has 0 radical (unpaired) electrons. The normalized spacial score (nSPS) is 21.6. The van der Waals surface area contributed by atoms with E-state index in [0.717, 1.165) is 0 Å². The summed E-state index contributed by atoms with van der Waals surface area (Å²) in [4.78, 5) is 11.4. The SMILES string of the molecule is O=C(CF)c1ccc(S(=O)(=O)N2CCOC23CCNCC3)cc1. The second kappa shape index (κ2) is 6.27. The van der Waals surface area contributed by atoms with Gasteiger partial charge in [-0.15, -0.1) is 0 Å². The lowest BCUT2D eigenvalue weighted by Gasteiger charge is -2.39. The average molecular weight is 342 g/mol. The van der Waals surface area contributed by atoms with Gasteiger partial charge in [0, 0.05) is 24.9 Å². The number of nitrogens with one attached hydrogen (secondary N) is 1. The van der Waals surface area contributed by atoms with Crippen LogP contribution in [0.3, 0.4) is 0 Å². The standard InChI is InChI=1S/C15H19FN2O4S/c16-11-14(19)12-1-3-13(4-2-12)23(20,21)18-9-10-22-15(18)5-7-17-8-6-15/h1-4,17H,5-11H2.